The van der Waals surface area contributed by atoms with E-state index in [1.807, 2.05) is 0 Å². The number of halogens is 2. The average Bonchev–Trinajstić information content (AvgIpc) is 3.41. The lowest BCUT2D eigenvalue weighted by Crippen LogP contribution is -2.59. The molecule has 17 heteroatoms. The second kappa shape index (κ2) is 18.2. The van der Waals surface area contributed by atoms with Crippen LogP contribution in [0.15, 0.2) is 12.1 Å². The summed E-state index contributed by atoms with van der Waals surface area (Å²) in [6.07, 6.45) is 3.02. The van der Waals surface area contributed by atoms with Gasteiger partial charge in [-0.2, -0.15) is 0 Å². The van der Waals surface area contributed by atoms with Crippen LogP contribution < -0.4 is 10.6 Å². The lowest BCUT2D eigenvalue weighted by Gasteiger charge is -2.39. The fourth-order valence-electron chi connectivity index (χ4n) is 6.56. The number of nitrogens with one attached hydrogen (secondary N) is 2. The van der Waals surface area contributed by atoms with Crippen molar-refractivity contribution in [3.63, 3.8) is 0 Å². The number of hydrogen-bond acceptors (Lipinski definition) is 8. The maximum atomic E-state index is 14.4. The predicted octanol–water partition coefficient (Wildman–Crippen LogP) is 1.56. The number of aliphatic hydroxyl groups excluding tert-OH is 1. The fourth-order valence-corrected chi connectivity index (χ4v) is 6.56. The number of aryl methyl sites for hydroxylation is 1. The molecule has 4 rings (SSSR count). The number of aliphatic hydroxyl groups is 1. The SMILES string of the molecule is CC(C(=O)NC(C(=O)N1CCN(C(=O)c2c(C(=O)NCCOCCOCCO)c3cc(F)c(F)cc3n2C)CC1)C1CCCCC1)N(C)C(=O)O. The minimum absolute atomic E-state index is 0.0530. The Labute approximate surface area is 294 Å². The van der Waals surface area contributed by atoms with E-state index in [-0.39, 0.29) is 99.7 Å². The molecule has 2 fully saturated rings. The van der Waals surface area contributed by atoms with Gasteiger partial charge in [0, 0.05) is 58.3 Å². The number of piperazine rings is 1. The fraction of sp³-hybridized carbons (Fsp3) is 0.618. The van der Waals surface area contributed by atoms with Crippen LogP contribution in [-0.4, -0.2) is 144 Å². The minimum atomic E-state index is -1.27. The van der Waals surface area contributed by atoms with E-state index in [4.69, 9.17) is 14.6 Å². The Morgan fingerprint density at radius 3 is 2.18 bits per heavy atom. The lowest BCUT2D eigenvalue weighted by molar-refractivity contribution is -0.140. The van der Waals surface area contributed by atoms with E-state index >= 15 is 0 Å². The summed E-state index contributed by atoms with van der Waals surface area (Å²) < 4.78 is 40.6. The van der Waals surface area contributed by atoms with E-state index in [2.05, 4.69) is 10.6 Å². The molecule has 2 aliphatic rings. The van der Waals surface area contributed by atoms with Crippen molar-refractivity contribution in [3.8, 4) is 0 Å². The third-order valence-corrected chi connectivity index (χ3v) is 9.64. The normalized spacial score (nSPS) is 16.5. The summed E-state index contributed by atoms with van der Waals surface area (Å²) in [4.78, 5) is 69.9. The summed E-state index contributed by atoms with van der Waals surface area (Å²) >= 11 is 0. The molecular weight excluding hydrogens is 674 g/mol. The average molecular weight is 723 g/mol. The third-order valence-electron chi connectivity index (χ3n) is 9.64. The monoisotopic (exact) mass is 722 g/mol. The molecule has 1 saturated carbocycles. The molecule has 1 aliphatic heterocycles. The molecule has 2 heterocycles. The van der Waals surface area contributed by atoms with Crippen LogP contribution in [-0.2, 0) is 26.1 Å². The van der Waals surface area contributed by atoms with Gasteiger partial charge in [-0.05, 0) is 31.7 Å². The van der Waals surface area contributed by atoms with Gasteiger partial charge in [-0.1, -0.05) is 19.3 Å². The zero-order valence-electron chi connectivity index (χ0n) is 29.3. The summed E-state index contributed by atoms with van der Waals surface area (Å²) in [6, 6.07) is -0.0648. The Balaban J connectivity index is 1.48. The Kier molecular flexibility index (Phi) is 14.1. The topological polar surface area (TPSA) is 183 Å². The van der Waals surface area contributed by atoms with Crippen molar-refractivity contribution in [3.05, 3.63) is 35.0 Å². The minimum Gasteiger partial charge on any atom is -0.465 e. The molecule has 282 valence electrons. The van der Waals surface area contributed by atoms with Gasteiger partial charge in [0.2, 0.25) is 11.8 Å². The highest BCUT2D eigenvalue weighted by Crippen LogP contribution is 2.30. The number of carboxylic acid groups (broad SMARTS) is 1. The van der Waals surface area contributed by atoms with Crippen LogP contribution in [0.4, 0.5) is 13.6 Å². The number of aromatic nitrogens is 1. The largest absolute Gasteiger partial charge is 0.465 e. The molecule has 5 amide bonds. The highest BCUT2D eigenvalue weighted by atomic mass is 19.2. The summed E-state index contributed by atoms with van der Waals surface area (Å²) in [7, 11) is 2.77. The number of nitrogens with zero attached hydrogens (tertiary/aromatic N) is 4. The number of ether oxygens (including phenoxy) is 2. The van der Waals surface area contributed by atoms with E-state index in [0.29, 0.717) is 0 Å². The van der Waals surface area contributed by atoms with E-state index in [9.17, 15) is 37.9 Å². The molecule has 1 aromatic heterocycles. The van der Waals surface area contributed by atoms with Gasteiger partial charge in [0.15, 0.2) is 11.6 Å². The number of amides is 5. The predicted molar refractivity (Wildman–Crippen MR) is 180 cm³/mol. The first-order valence-corrected chi connectivity index (χ1v) is 17.2. The van der Waals surface area contributed by atoms with Gasteiger partial charge in [-0.25, -0.2) is 13.6 Å². The molecular formula is C34H48F2N6O9. The summed E-state index contributed by atoms with van der Waals surface area (Å²) in [5.41, 5.74) is -0.0569. The summed E-state index contributed by atoms with van der Waals surface area (Å²) in [6.45, 7) is 2.58. The van der Waals surface area contributed by atoms with Crippen LogP contribution in [0.25, 0.3) is 10.9 Å². The number of carbonyl (C=O) groups excluding carboxylic acids is 4. The molecule has 0 radical (unpaired) electrons. The van der Waals surface area contributed by atoms with Gasteiger partial charge < -0.3 is 44.7 Å². The van der Waals surface area contributed by atoms with Crippen LogP contribution >= 0.6 is 0 Å². The summed E-state index contributed by atoms with van der Waals surface area (Å²) in [5.74, 6) is -4.58. The first-order valence-electron chi connectivity index (χ1n) is 17.2. The van der Waals surface area contributed by atoms with E-state index in [1.165, 1.54) is 30.5 Å². The van der Waals surface area contributed by atoms with Crippen LogP contribution in [0.2, 0.25) is 0 Å². The number of benzene rings is 1. The third kappa shape index (κ3) is 9.51. The van der Waals surface area contributed by atoms with Crippen molar-refractivity contribution >= 4 is 40.6 Å². The molecule has 2 aromatic rings. The maximum Gasteiger partial charge on any atom is 0.407 e. The van der Waals surface area contributed by atoms with E-state index < -0.39 is 47.5 Å². The van der Waals surface area contributed by atoms with Crippen molar-refractivity contribution in [2.24, 2.45) is 13.0 Å². The Hall–Kier alpha value is -4.35. The molecule has 15 nitrogen and oxygen atoms in total. The quantitative estimate of drug-likeness (QED) is 0.198. The maximum absolute atomic E-state index is 14.4. The van der Waals surface area contributed by atoms with Gasteiger partial charge in [0.25, 0.3) is 11.8 Å². The van der Waals surface area contributed by atoms with Gasteiger partial charge in [-0.15, -0.1) is 0 Å². The van der Waals surface area contributed by atoms with Crippen molar-refractivity contribution in [2.45, 2.75) is 51.1 Å². The zero-order chi connectivity index (χ0) is 37.2. The Bertz CT molecular complexity index is 1570. The number of rotatable bonds is 15. The number of likely N-dealkylation sites (N-methyl/N-ethyl adjacent to an activating group) is 1. The molecule has 0 bridgehead atoms. The van der Waals surface area contributed by atoms with Gasteiger partial charge in [0.1, 0.15) is 17.8 Å². The van der Waals surface area contributed by atoms with Gasteiger partial charge in [-0.3, -0.25) is 24.1 Å². The zero-order valence-corrected chi connectivity index (χ0v) is 29.3. The van der Waals surface area contributed by atoms with Crippen LogP contribution in [0.5, 0.6) is 0 Å². The smallest absolute Gasteiger partial charge is 0.407 e. The Morgan fingerprint density at radius 1 is 0.941 bits per heavy atom. The van der Waals surface area contributed by atoms with Crippen molar-refractivity contribution in [1.29, 1.82) is 0 Å². The Morgan fingerprint density at radius 2 is 1.55 bits per heavy atom. The molecule has 4 N–H and O–H groups in total. The summed E-state index contributed by atoms with van der Waals surface area (Å²) in [5, 5.41) is 23.6. The molecule has 1 saturated heterocycles. The second-order valence-corrected chi connectivity index (χ2v) is 12.8. The molecule has 2 atom stereocenters. The number of hydrogen-bond donors (Lipinski definition) is 4. The lowest BCUT2D eigenvalue weighted by atomic mass is 9.83. The molecule has 1 aliphatic carbocycles. The molecule has 51 heavy (non-hydrogen) atoms. The standard InChI is InChI=1S/C34H48F2N6O9/c1-21(39(2)34(48)49)30(44)38-28(22-7-5-4-6-8-22)32(46)41-10-12-42(13-11-41)33(47)29-27(23-19-24(35)25(36)20-26(23)40(29)3)31(45)37-9-15-50-17-18-51-16-14-43/h19-22,28,43H,4-18H2,1-3H3,(H,37,45)(H,38,44)(H,48,49). The van der Waals surface area contributed by atoms with Crippen LogP contribution in [0.3, 0.4) is 0 Å². The number of carbonyl (C=O) groups is 5. The van der Waals surface area contributed by atoms with Crippen molar-refractivity contribution in [2.75, 3.05) is 72.8 Å². The molecule has 2 unspecified atom stereocenters. The second-order valence-electron chi connectivity index (χ2n) is 12.8. The van der Waals surface area contributed by atoms with Gasteiger partial charge >= 0.3 is 6.09 Å². The van der Waals surface area contributed by atoms with Crippen LogP contribution in [0.1, 0.15) is 59.9 Å². The highest BCUT2D eigenvalue weighted by molar-refractivity contribution is 6.16. The molecule has 0 spiro atoms. The molecule has 1 aromatic carbocycles. The van der Waals surface area contributed by atoms with Crippen LogP contribution in [0, 0.1) is 17.6 Å². The van der Waals surface area contributed by atoms with E-state index in [0.717, 1.165) is 49.1 Å². The van der Waals surface area contributed by atoms with Gasteiger partial charge in [0.05, 0.1) is 44.1 Å². The van der Waals surface area contributed by atoms with Crippen molar-refractivity contribution < 1.29 is 52.4 Å². The number of fused-ring (bicyclic) bond motifs is 1. The first-order chi connectivity index (χ1) is 24.4. The van der Waals surface area contributed by atoms with E-state index in [1.54, 1.807) is 4.90 Å². The first kappa shape index (κ1) is 39.4. The highest BCUT2D eigenvalue weighted by Gasteiger charge is 2.38. The van der Waals surface area contributed by atoms with Crippen molar-refractivity contribution in [1.82, 2.24) is 29.9 Å².